The van der Waals surface area contributed by atoms with E-state index in [1.54, 1.807) is 0 Å². The molecule has 2 unspecified atom stereocenters. The van der Waals surface area contributed by atoms with E-state index in [0.717, 1.165) is 12.8 Å². The van der Waals surface area contributed by atoms with E-state index < -0.39 is 35.0 Å². The van der Waals surface area contributed by atoms with Crippen LogP contribution in [0.25, 0.3) is 0 Å². The van der Waals surface area contributed by atoms with Gasteiger partial charge in [-0.1, -0.05) is 41.5 Å². The summed E-state index contributed by atoms with van der Waals surface area (Å²) < 4.78 is 10.7. The van der Waals surface area contributed by atoms with Crippen molar-refractivity contribution in [2.75, 3.05) is 0 Å². The average Bonchev–Trinajstić information content (AvgIpc) is 2.31. The van der Waals surface area contributed by atoms with Gasteiger partial charge in [0.2, 0.25) is 12.2 Å². The Morgan fingerprint density at radius 1 is 0.833 bits per heavy atom. The summed E-state index contributed by atoms with van der Waals surface area (Å²) in [4.78, 5) is 24.0. The SMILES string of the molecule is CCC(C)(C)C1OC(=O)C(C(C)(C)CC)OC1=O. The lowest BCUT2D eigenvalue weighted by atomic mass is 9.80. The van der Waals surface area contributed by atoms with Gasteiger partial charge in [-0.25, -0.2) is 9.59 Å². The van der Waals surface area contributed by atoms with Crippen molar-refractivity contribution in [2.45, 2.75) is 66.6 Å². The molecule has 18 heavy (non-hydrogen) atoms. The maximum atomic E-state index is 12.0. The lowest BCUT2D eigenvalue weighted by Crippen LogP contribution is -2.54. The molecular formula is C14H24O4. The normalized spacial score (nSPS) is 25.7. The third-order valence-corrected chi connectivity index (χ3v) is 4.14. The first-order chi connectivity index (χ1) is 8.15. The van der Waals surface area contributed by atoms with Crippen LogP contribution < -0.4 is 0 Å². The molecule has 0 bridgehead atoms. The van der Waals surface area contributed by atoms with Crippen LogP contribution in [-0.2, 0) is 19.1 Å². The summed E-state index contributed by atoms with van der Waals surface area (Å²) in [5, 5.41) is 0. The number of hydrogen-bond acceptors (Lipinski definition) is 4. The summed E-state index contributed by atoms with van der Waals surface area (Å²) in [5.41, 5.74) is -0.790. The van der Waals surface area contributed by atoms with Crippen LogP contribution in [0.15, 0.2) is 0 Å². The van der Waals surface area contributed by atoms with Crippen molar-refractivity contribution >= 4 is 11.9 Å². The molecule has 1 aliphatic rings. The van der Waals surface area contributed by atoms with Crippen LogP contribution in [0.3, 0.4) is 0 Å². The second-order valence-corrected chi connectivity index (χ2v) is 6.32. The maximum absolute atomic E-state index is 12.0. The minimum Gasteiger partial charge on any atom is -0.447 e. The Balaban J connectivity index is 2.91. The summed E-state index contributed by atoms with van der Waals surface area (Å²) in [5.74, 6) is -0.846. The third-order valence-electron chi connectivity index (χ3n) is 4.14. The minimum atomic E-state index is -0.793. The molecule has 0 amide bonds. The Labute approximate surface area is 109 Å². The van der Waals surface area contributed by atoms with Crippen LogP contribution in [0, 0.1) is 10.8 Å². The van der Waals surface area contributed by atoms with Crippen LogP contribution >= 0.6 is 0 Å². The molecule has 1 fully saturated rings. The average molecular weight is 256 g/mol. The van der Waals surface area contributed by atoms with Crippen molar-refractivity contribution in [3.05, 3.63) is 0 Å². The number of carbonyl (C=O) groups is 2. The fourth-order valence-electron chi connectivity index (χ4n) is 1.78. The minimum absolute atomic E-state index is 0.395. The smallest absolute Gasteiger partial charge is 0.348 e. The fourth-order valence-corrected chi connectivity index (χ4v) is 1.78. The van der Waals surface area contributed by atoms with Crippen molar-refractivity contribution in [2.24, 2.45) is 10.8 Å². The van der Waals surface area contributed by atoms with Gasteiger partial charge in [-0.15, -0.1) is 0 Å². The van der Waals surface area contributed by atoms with Gasteiger partial charge in [0.25, 0.3) is 0 Å². The molecule has 0 radical (unpaired) electrons. The molecule has 2 atom stereocenters. The Hall–Kier alpha value is -1.06. The standard InChI is InChI=1S/C14H24O4/c1-7-13(3,4)9-11(15)18-10(12(16)17-9)14(5,6)8-2/h9-10H,7-8H2,1-6H3. The first-order valence-corrected chi connectivity index (χ1v) is 6.56. The summed E-state index contributed by atoms with van der Waals surface area (Å²) >= 11 is 0. The fraction of sp³-hybridized carbons (Fsp3) is 0.857. The predicted octanol–water partition coefficient (Wildman–Crippen LogP) is 2.70. The van der Waals surface area contributed by atoms with Gasteiger partial charge in [0.1, 0.15) is 0 Å². The molecule has 0 N–H and O–H groups in total. The van der Waals surface area contributed by atoms with Gasteiger partial charge in [0.15, 0.2) is 0 Å². The Kier molecular flexibility index (Phi) is 4.08. The molecule has 0 aliphatic carbocycles. The molecule has 0 aromatic heterocycles. The Morgan fingerprint density at radius 2 is 1.11 bits per heavy atom. The zero-order valence-corrected chi connectivity index (χ0v) is 12.2. The van der Waals surface area contributed by atoms with Gasteiger partial charge < -0.3 is 9.47 Å². The van der Waals surface area contributed by atoms with E-state index in [4.69, 9.17) is 9.47 Å². The molecule has 4 nitrogen and oxygen atoms in total. The third kappa shape index (κ3) is 2.68. The maximum Gasteiger partial charge on any atom is 0.348 e. The van der Waals surface area contributed by atoms with Crippen molar-refractivity contribution in [1.82, 2.24) is 0 Å². The van der Waals surface area contributed by atoms with E-state index >= 15 is 0 Å². The topological polar surface area (TPSA) is 52.6 Å². The van der Waals surface area contributed by atoms with Crippen LogP contribution in [0.2, 0.25) is 0 Å². The van der Waals surface area contributed by atoms with E-state index in [-0.39, 0.29) is 0 Å². The zero-order valence-electron chi connectivity index (χ0n) is 12.2. The second kappa shape index (κ2) is 4.90. The summed E-state index contributed by atoms with van der Waals surface area (Å²) in [6.45, 7) is 11.5. The first-order valence-electron chi connectivity index (χ1n) is 6.56. The van der Waals surface area contributed by atoms with Gasteiger partial charge in [0.05, 0.1) is 0 Å². The lowest BCUT2D eigenvalue weighted by molar-refractivity contribution is -0.212. The lowest BCUT2D eigenvalue weighted by Gasteiger charge is -2.40. The number of ether oxygens (including phenoxy) is 2. The van der Waals surface area contributed by atoms with E-state index in [0.29, 0.717) is 0 Å². The molecular weight excluding hydrogens is 232 g/mol. The van der Waals surface area contributed by atoms with E-state index in [1.807, 2.05) is 41.5 Å². The molecule has 4 heteroatoms. The quantitative estimate of drug-likeness (QED) is 0.726. The zero-order chi connectivity index (χ0) is 14.1. The number of cyclic esters (lactones) is 2. The molecule has 1 heterocycles. The van der Waals surface area contributed by atoms with Gasteiger partial charge in [-0.2, -0.15) is 0 Å². The molecule has 104 valence electrons. The molecule has 0 spiro atoms. The van der Waals surface area contributed by atoms with E-state index in [1.165, 1.54) is 0 Å². The molecule has 0 aromatic carbocycles. The molecule has 0 aromatic rings. The summed E-state index contributed by atoms with van der Waals surface area (Å²) in [6, 6.07) is 0. The monoisotopic (exact) mass is 256 g/mol. The number of rotatable bonds is 4. The van der Waals surface area contributed by atoms with Crippen molar-refractivity contribution in [3.8, 4) is 0 Å². The van der Waals surface area contributed by atoms with Crippen LogP contribution in [0.4, 0.5) is 0 Å². The highest BCUT2D eigenvalue weighted by Gasteiger charge is 2.49. The van der Waals surface area contributed by atoms with Crippen molar-refractivity contribution in [1.29, 1.82) is 0 Å². The van der Waals surface area contributed by atoms with Gasteiger partial charge in [0, 0.05) is 10.8 Å². The summed E-state index contributed by atoms with van der Waals surface area (Å²) in [7, 11) is 0. The summed E-state index contributed by atoms with van der Waals surface area (Å²) in [6.07, 6.45) is -0.109. The van der Waals surface area contributed by atoms with Crippen LogP contribution in [0.5, 0.6) is 0 Å². The second-order valence-electron chi connectivity index (χ2n) is 6.32. The van der Waals surface area contributed by atoms with Gasteiger partial charge in [-0.3, -0.25) is 0 Å². The van der Waals surface area contributed by atoms with Gasteiger partial charge in [-0.05, 0) is 12.8 Å². The number of hydrogen-bond donors (Lipinski definition) is 0. The van der Waals surface area contributed by atoms with Crippen LogP contribution in [-0.4, -0.2) is 24.1 Å². The van der Waals surface area contributed by atoms with Gasteiger partial charge >= 0.3 is 11.9 Å². The van der Waals surface area contributed by atoms with Crippen molar-refractivity contribution in [3.63, 3.8) is 0 Å². The largest absolute Gasteiger partial charge is 0.447 e. The van der Waals surface area contributed by atoms with Crippen LogP contribution in [0.1, 0.15) is 54.4 Å². The predicted molar refractivity (Wildman–Crippen MR) is 67.9 cm³/mol. The Bertz CT molecular complexity index is 310. The highest BCUT2D eigenvalue weighted by atomic mass is 16.6. The van der Waals surface area contributed by atoms with E-state index in [9.17, 15) is 9.59 Å². The highest BCUT2D eigenvalue weighted by molar-refractivity contribution is 5.88. The highest BCUT2D eigenvalue weighted by Crippen LogP contribution is 2.36. The first kappa shape index (κ1) is 15.0. The molecule has 1 saturated heterocycles. The molecule has 1 aliphatic heterocycles. The van der Waals surface area contributed by atoms with E-state index in [2.05, 4.69) is 0 Å². The number of carbonyl (C=O) groups excluding carboxylic acids is 2. The Morgan fingerprint density at radius 3 is 1.33 bits per heavy atom. The van der Waals surface area contributed by atoms with Crippen molar-refractivity contribution < 1.29 is 19.1 Å². The molecule has 0 saturated carbocycles. The molecule has 1 rings (SSSR count). The number of esters is 2.